The Morgan fingerprint density at radius 3 is 2.78 bits per heavy atom. The second kappa shape index (κ2) is 4.89. The summed E-state index contributed by atoms with van der Waals surface area (Å²) in [6, 6.07) is 0. The number of hydrogen-bond acceptors (Lipinski definition) is 5. The van der Waals surface area contributed by atoms with Crippen LogP contribution in [0, 0.1) is 6.92 Å². The van der Waals surface area contributed by atoms with Crippen molar-refractivity contribution >= 4 is 22.3 Å². The Kier molecular flexibility index (Phi) is 3.47. The topological polar surface area (TPSA) is 51.0 Å². The van der Waals surface area contributed by atoms with Gasteiger partial charge in [0.25, 0.3) is 0 Å². The predicted molar refractivity (Wildman–Crippen MR) is 72.2 cm³/mol. The summed E-state index contributed by atoms with van der Waals surface area (Å²) in [5.74, 6) is 0.0750. The fourth-order valence-corrected chi connectivity index (χ4v) is 2.69. The first-order chi connectivity index (χ1) is 8.47. The second-order valence-corrected chi connectivity index (χ2v) is 5.32. The lowest BCUT2D eigenvalue weighted by atomic mass is 10.3. The lowest BCUT2D eigenvalue weighted by molar-refractivity contribution is 0.102. The predicted octanol–water partition coefficient (Wildman–Crippen LogP) is 2.02. The largest absolute Gasteiger partial charge is 0.347 e. The summed E-state index contributed by atoms with van der Waals surface area (Å²) < 4.78 is 1.78. The van der Waals surface area contributed by atoms with E-state index < -0.39 is 0 Å². The summed E-state index contributed by atoms with van der Waals surface area (Å²) in [6.07, 6.45) is 3.81. The molecular formula is C12H16N4OS. The third kappa shape index (κ3) is 2.59. The van der Waals surface area contributed by atoms with E-state index in [1.807, 2.05) is 38.3 Å². The van der Waals surface area contributed by atoms with Crippen LogP contribution in [-0.2, 0) is 13.6 Å². The van der Waals surface area contributed by atoms with Crippen molar-refractivity contribution in [2.24, 2.45) is 7.05 Å². The number of carbonyl (C=O) groups excluding carboxylic acids is 1. The van der Waals surface area contributed by atoms with Gasteiger partial charge in [-0.05, 0) is 6.92 Å². The minimum Gasteiger partial charge on any atom is -0.347 e. The van der Waals surface area contributed by atoms with Crippen LogP contribution in [0.15, 0.2) is 12.4 Å². The molecule has 0 saturated carbocycles. The zero-order chi connectivity index (χ0) is 13.3. The number of thiazole rings is 1. The Morgan fingerprint density at radius 2 is 2.28 bits per heavy atom. The Balaban J connectivity index is 2.16. The second-order valence-electron chi connectivity index (χ2n) is 4.35. The van der Waals surface area contributed by atoms with E-state index in [-0.39, 0.29) is 5.78 Å². The molecule has 0 spiro atoms. The molecule has 18 heavy (non-hydrogen) atoms. The van der Waals surface area contributed by atoms with Crippen molar-refractivity contribution in [3.63, 3.8) is 0 Å². The van der Waals surface area contributed by atoms with Crippen molar-refractivity contribution < 1.29 is 4.79 Å². The van der Waals surface area contributed by atoms with Crippen molar-refractivity contribution in [1.82, 2.24) is 14.8 Å². The van der Waals surface area contributed by atoms with E-state index in [0.29, 0.717) is 0 Å². The molecule has 0 amide bonds. The molecule has 2 heterocycles. The van der Waals surface area contributed by atoms with Gasteiger partial charge in [0.15, 0.2) is 10.9 Å². The maximum Gasteiger partial charge on any atom is 0.186 e. The highest BCUT2D eigenvalue weighted by Gasteiger charge is 2.14. The lowest BCUT2D eigenvalue weighted by Gasteiger charge is -2.13. The Hall–Kier alpha value is -1.69. The average Bonchev–Trinajstić information content (AvgIpc) is 2.85. The van der Waals surface area contributed by atoms with Crippen LogP contribution in [0.2, 0.25) is 0 Å². The highest BCUT2D eigenvalue weighted by Crippen LogP contribution is 2.26. The molecular weight excluding hydrogens is 248 g/mol. The van der Waals surface area contributed by atoms with Gasteiger partial charge in [-0.25, -0.2) is 4.98 Å². The van der Waals surface area contributed by atoms with Crippen LogP contribution in [0.3, 0.4) is 0 Å². The third-order valence-corrected chi connectivity index (χ3v) is 3.98. The maximum atomic E-state index is 11.4. The van der Waals surface area contributed by atoms with Gasteiger partial charge in [-0.3, -0.25) is 9.48 Å². The van der Waals surface area contributed by atoms with E-state index in [1.54, 1.807) is 11.6 Å². The molecule has 2 aromatic heterocycles. The van der Waals surface area contributed by atoms with Gasteiger partial charge < -0.3 is 4.90 Å². The van der Waals surface area contributed by atoms with E-state index in [4.69, 9.17) is 0 Å². The van der Waals surface area contributed by atoms with Gasteiger partial charge in [0.2, 0.25) is 0 Å². The summed E-state index contributed by atoms with van der Waals surface area (Å²) in [6.45, 7) is 4.18. The summed E-state index contributed by atoms with van der Waals surface area (Å²) in [5, 5.41) is 5.00. The normalized spacial score (nSPS) is 10.7. The van der Waals surface area contributed by atoms with E-state index >= 15 is 0 Å². The Labute approximate surface area is 110 Å². The quantitative estimate of drug-likeness (QED) is 0.793. The molecule has 0 aromatic carbocycles. The molecule has 0 fully saturated rings. The van der Waals surface area contributed by atoms with Gasteiger partial charge in [-0.1, -0.05) is 11.3 Å². The third-order valence-electron chi connectivity index (χ3n) is 2.61. The van der Waals surface area contributed by atoms with E-state index in [0.717, 1.165) is 27.8 Å². The van der Waals surface area contributed by atoms with Crippen LogP contribution in [0.5, 0.6) is 0 Å². The molecule has 0 atom stereocenters. The highest BCUT2D eigenvalue weighted by molar-refractivity contribution is 7.17. The molecule has 0 saturated heterocycles. The number of nitrogens with zero attached hydrogens (tertiary/aromatic N) is 4. The number of anilines is 1. The standard InChI is InChI=1S/C12H16N4OS/c1-8-11(9(2)17)18-12(14-8)15(3)6-10-5-13-16(4)7-10/h5,7H,6H2,1-4H3. The van der Waals surface area contributed by atoms with Gasteiger partial charge in [0.1, 0.15) is 0 Å². The van der Waals surface area contributed by atoms with Crippen LogP contribution in [-0.4, -0.2) is 27.6 Å². The monoisotopic (exact) mass is 264 g/mol. The maximum absolute atomic E-state index is 11.4. The lowest BCUT2D eigenvalue weighted by Crippen LogP contribution is -2.15. The van der Waals surface area contributed by atoms with Crippen LogP contribution < -0.4 is 4.90 Å². The van der Waals surface area contributed by atoms with Gasteiger partial charge >= 0.3 is 0 Å². The van der Waals surface area contributed by atoms with Gasteiger partial charge in [-0.2, -0.15) is 5.10 Å². The van der Waals surface area contributed by atoms with Crippen LogP contribution in [0.4, 0.5) is 5.13 Å². The molecule has 0 unspecified atom stereocenters. The van der Waals surface area contributed by atoms with E-state index in [2.05, 4.69) is 10.1 Å². The Bertz CT molecular complexity index is 572. The van der Waals surface area contributed by atoms with Gasteiger partial charge in [0, 0.05) is 39.3 Å². The first-order valence-electron chi connectivity index (χ1n) is 5.64. The summed E-state index contributed by atoms with van der Waals surface area (Å²) in [5.41, 5.74) is 1.93. The van der Waals surface area contributed by atoms with Crippen molar-refractivity contribution in [2.75, 3.05) is 11.9 Å². The first kappa shape index (κ1) is 12.8. The first-order valence-corrected chi connectivity index (χ1v) is 6.46. The van der Waals surface area contributed by atoms with Crippen molar-refractivity contribution in [3.05, 3.63) is 28.5 Å². The van der Waals surface area contributed by atoms with Gasteiger partial charge in [-0.15, -0.1) is 0 Å². The molecule has 0 aliphatic carbocycles. The van der Waals surface area contributed by atoms with E-state index in [9.17, 15) is 4.79 Å². The summed E-state index contributed by atoms with van der Waals surface area (Å²) >= 11 is 1.44. The van der Waals surface area contributed by atoms with E-state index in [1.165, 1.54) is 11.3 Å². The summed E-state index contributed by atoms with van der Waals surface area (Å²) in [7, 11) is 3.86. The SMILES string of the molecule is CC(=O)c1sc(N(C)Cc2cnn(C)c2)nc1C. The molecule has 0 N–H and O–H groups in total. The number of carbonyl (C=O) groups is 1. The van der Waals surface area contributed by atoms with Crippen LogP contribution in [0.1, 0.15) is 27.9 Å². The molecule has 2 rings (SSSR count). The van der Waals surface area contributed by atoms with Crippen LogP contribution in [0.25, 0.3) is 0 Å². The molecule has 0 aliphatic rings. The highest BCUT2D eigenvalue weighted by atomic mass is 32.1. The van der Waals surface area contributed by atoms with Crippen LogP contribution >= 0.6 is 11.3 Å². The smallest absolute Gasteiger partial charge is 0.186 e. The zero-order valence-corrected chi connectivity index (χ0v) is 11.8. The minimum atomic E-state index is 0.0750. The number of aryl methyl sites for hydroxylation is 2. The van der Waals surface area contributed by atoms with Crippen molar-refractivity contribution in [1.29, 1.82) is 0 Å². The molecule has 0 radical (unpaired) electrons. The summed E-state index contributed by atoms with van der Waals surface area (Å²) in [4.78, 5) is 18.6. The van der Waals surface area contributed by atoms with Crippen molar-refractivity contribution in [3.8, 4) is 0 Å². The number of ketones is 1. The fourth-order valence-electron chi connectivity index (χ4n) is 1.77. The Morgan fingerprint density at radius 1 is 1.56 bits per heavy atom. The molecule has 0 aliphatic heterocycles. The average molecular weight is 264 g/mol. The molecule has 2 aromatic rings. The number of hydrogen-bond donors (Lipinski definition) is 0. The number of rotatable bonds is 4. The number of aromatic nitrogens is 3. The number of Topliss-reactive ketones (excluding diaryl/α,β-unsaturated/α-hetero) is 1. The molecule has 0 bridgehead atoms. The van der Waals surface area contributed by atoms with Gasteiger partial charge in [0.05, 0.1) is 16.8 Å². The fraction of sp³-hybridized carbons (Fsp3) is 0.417. The minimum absolute atomic E-state index is 0.0750. The molecule has 5 nitrogen and oxygen atoms in total. The molecule has 6 heteroatoms. The van der Waals surface area contributed by atoms with Crippen molar-refractivity contribution in [2.45, 2.75) is 20.4 Å². The molecule has 96 valence electrons. The zero-order valence-electron chi connectivity index (χ0n) is 11.0.